The van der Waals surface area contributed by atoms with E-state index in [1.807, 2.05) is 6.92 Å². The second kappa shape index (κ2) is 6.99. The lowest BCUT2D eigenvalue weighted by molar-refractivity contribution is 0.0313. The van der Waals surface area contributed by atoms with Gasteiger partial charge in [0.25, 0.3) is 0 Å². The smallest absolute Gasteiger partial charge is 0.215 e. The molecule has 1 N–H and O–H groups in total. The van der Waals surface area contributed by atoms with Crippen LogP contribution in [0.5, 0.6) is 0 Å². The first-order valence-electron chi connectivity index (χ1n) is 7.14. The van der Waals surface area contributed by atoms with Gasteiger partial charge in [-0.2, -0.15) is 4.31 Å². The minimum absolute atomic E-state index is 0.0155. The van der Waals surface area contributed by atoms with Gasteiger partial charge in [-0.1, -0.05) is 6.92 Å². The van der Waals surface area contributed by atoms with Gasteiger partial charge in [0, 0.05) is 45.3 Å². The third kappa shape index (κ3) is 4.13. The van der Waals surface area contributed by atoms with Crippen LogP contribution >= 0.6 is 0 Å². The number of piperazine rings is 1. The fourth-order valence-electron chi connectivity index (χ4n) is 2.62. The average molecular weight is 291 g/mol. The lowest BCUT2D eigenvalue weighted by Crippen LogP contribution is -2.51. The molecule has 0 aromatic carbocycles. The van der Waals surface area contributed by atoms with Gasteiger partial charge < -0.3 is 10.1 Å². The monoisotopic (exact) mass is 291 g/mol. The summed E-state index contributed by atoms with van der Waals surface area (Å²) in [5.74, 6) is 0.226. The largest absolute Gasteiger partial charge is 0.378 e. The number of hydrogen-bond acceptors (Lipinski definition) is 5. The van der Waals surface area contributed by atoms with Crippen molar-refractivity contribution < 1.29 is 13.2 Å². The molecule has 2 aliphatic heterocycles. The summed E-state index contributed by atoms with van der Waals surface area (Å²) in [6.45, 7) is 7.99. The molecule has 1 atom stereocenters. The Hall–Kier alpha value is -0.210. The van der Waals surface area contributed by atoms with Gasteiger partial charge in [-0.25, -0.2) is 8.42 Å². The molecule has 0 radical (unpaired) electrons. The van der Waals surface area contributed by atoms with E-state index in [0.29, 0.717) is 26.3 Å². The predicted molar refractivity (Wildman–Crippen MR) is 74.7 cm³/mol. The molecule has 0 saturated carbocycles. The van der Waals surface area contributed by atoms with Crippen molar-refractivity contribution in [2.24, 2.45) is 0 Å². The van der Waals surface area contributed by atoms with Gasteiger partial charge in [0.2, 0.25) is 10.0 Å². The number of nitrogens with one attached hydrogen (secondary N) is 1. The Morgan fingerprint density at radius 3 is 2.68 bits per heavy atom. The molecule has 6 nitrogen and oxygen atoms in total. The van der Waals surface area contributed by atoms with Crippen LogP contribution in [0.1, 0.15) is 13.3 Å². The van der Waals surface area contributed by atoms with E-state index in [4.69, 9.17) is 4.74 Å². The molecule has 2 saturated heterocycles. The third-order valence-corrected chi connectivity index (χ3v) is 5.77. The van der Waals surface area contributed by atoms with Gasteiger partial charge >= 0.3 is 0 Å². The van der Waals surface area contributed by atoms with Gasteiger partial charge in [-0.3, -0.25) is 4.90 Å². The Kier molecular flexibility index (Phi) is 5.58. The molecule has 2 heterocycles. The topological polar surface area (TPSA) is 61.9 Å². The van der Waals surface area contributed by atoms with E-state index < -0.39 is 10.0 Å². The fraction of sp³-hybridized carbons (Fsp3) is 1.00. The van der Waals surface area contributed by atoms with Crippen molar-refractivity contribution in [2.75, 3.05) is 58.2 Å². The highest BCUT2D eigenvalue weighted by Gasteiger charge is 2.31. The molecule has 2 fully saturated rings. The molecule has 0 amide bonds. The van der Waals surface area contributed by atoms with Gasteiger partial charge in [0.15, 0.2) is 0 Å². The standard InChI is InChI=1S/C12H25N3O3S/c1-2-12-11-18-9-7-15(12)19(16,17)10-8-14-5-3-13-4-6-14/h12-13H,2-11H2,1H3. The van der Waals surface area contributed by atoms with Crippen molar-refractivity contribution in [2.45, 2.75) is 19.4 Å². The third-order valence-electron chi connectivity index (χ3n) is 3.88. The van der Waals surface area contributed by atoms with Crippen LogP contribution in [0.2, 0.25) is 0 Å². The molecule has 19 heavy (non-hydrogen) atoms. The quantitative estimate of drug-likeness (QED) is 0.728. The first-order valence-corrected chi connectivity index (χ1v) is 8.74. The van der Waals surface area contributed by atoms with Crippen molar-refractivity contribution in [3.63, 3.8) is 0 Å². The van der Waals surface area contributed by atoms with Gasteiger partial charge in [-0.15, -0.1) is 0 Å². The summed E-state index contributed by atoms with van der Waals surface area (Å²) in [5.41, 5.74) is 0. The van der Waals surface area contributed by atoms with Crippen LogP contribution in [0.15, 0.2) is 0 Å². The highest BCUT2D eigenvalue weighted by molar-refractivity contribution is 7.89. The minimum atomic E-state index is -3.15. The summed E-state index contributed by atoms with van der Waals surface area (Å²) in [6, 6.07) is 0.0155. The molecule has 0 aromatic heterocycles. The predicted octanol–water partition coefficient (Wildman–Crippen LogP) is -0.668. The maximum Gasteiger partial charge on any atom is 0.215 e. The number of morpholine rings is 1. The van der Waals surface area contributed by atoms with Crippen molar-refractivity contribution in [1.29, 1.82) is 0 Å². The van der Waals surface area contributed by atoms with Crippen molar-refractivity contribution in [3.05, 3.63) is 0 Å². The highest BCUT2D eigenvalue weighted by Crippen LogP contribution is 2.15. The molecule has 2 aliphatic rings. The summed E-state index contributed by atoms with van der Waals surface area (Å²) in [6.07, 6.45) is 0.812. The zero-order chi connectivity index (χ0) is 13.7. The molecule has 0 bridgehead atoms. The number of ether oxygens (including phenoxy) is 1. The Labute approximate surface area is 116 Å². The van der Waals surface area contributed by atoms with Crippen LogP contribution in [0.25, 0.3) is 0 Å². The number of nitrogens with zero attached hydrogens (tertiary/aromatic N) is 2. The molecule has 0 spiro atoms. The number of sulfonamides is 1. The van der Waals surface area contributed by atoms with E-state index >= 15 is 0 Å². The van der Waals surface area contributed by atoms with E-state index in [-0.39, 0.29) is 11.8 Å². The minimum Gasteiger partial charge on any atom is -0.378 e. The molecular formula is C12H25N3O3S. The van der Waals surface area contributed by atoms with Crippen LogP contribution in [0.4, 0.5) is 0 Å². The fourth-order valence-corrected chi connectivity index (χ4v) is 4.36. The molecule has 7 heteroatoms. The molecular weight excluding hydrogens is 266 g/mol. The average Bonchev–Trinajstić information content (AvgIpc) is 2.46. The summed E-state index contributed by atoms with van der Waals surface area (Å²) >= 11 is 0. The van der Waals surface area contributed by atoms with E-state index in [1.54, 1.807) is 4.31 Å². The van der Waals surface area contributed by atoms with Gasteiger partial charge in [0.1, 0.15) is 0 Å². The van der Waals surface area contributed by atoms with Crippen molar-refractivity contribution in [3.8, 4) is 0 Å². The Bertz CT molecular complexity index is 368. The van der Waals surface area contributed by atoms with E-state index in [2.05, 4.69) is 10.2 Å². The first kappa shape index (κ1) is 15.2. The maximum absolute atomic E-state index is 12.4. The van der Waals surface area contributed by atoms with Crippen LogP contribution in [0, 0.1) is 0 Å². The van der Waals surface area contributed by atoms with Crippen LogP contribution in [0.3, 0.4) is 0 Å². The van der Waals surface area contributed by atoms with Crippen molar-refractivity contribution in [1.82, 2.24) is 14.5 Å². The summed E-state index contributed by atoms with van der Waals surface area (Å²) < 4.78 is 31.9. The Balaban J connectivity index is 1.89. The second-order valence-corrected chi connectivity index (χ2v) is 7.20. The SMILES string of the molecule is CCC1COCCN1S(=O)(=O)CCN1CCNCC1. The summed E-state index contributed by atoms with van der Waals surface area (Å²) in [7, 11) is -3.15. The maximum atomic E-state index is 12.4. The zero-order valence-electron chi connectivity index (χ0n) is 11.7. The van der Waals surface area contributed by atoms with Crippen LogP contribution in [-0.2, 0) is 14.8 Å². The molecule has 0 aromatic rings. The van der Waals surface area contributed by atoms with Crippen molar-refractivity contribution >= 4 is 10.0 Å². The van der Waals surface area contributed by atoms with E-state index in [0.717, 1.165) is 32.6 Å². The summed E-state index contributed by atoms with van der Waals surface area (Å²) in [4.78, 5) is 2.22. The number of rotatable bonds is 5. The Morgan fingerprint density at radius 1 is 1.26 bits per heavy atom. The lowest BCUT2D eigenvalue weighted by Gasteiger charge is -2.35. The zero-order valence-corrected chi connectivity index (χ0v) is 12.5. The molecule has 0 aliphatic carbocycles. The van der Waals surface area contributed by atoms with Gasteiger partial charge in [0.05, 0.1) is 19.0 Å². The second-order valence-electron chi connectivity index (χ2n) is 5.16. The van der Waals surface area contributed by atoms with Crippen LogP contribution in [-0.4, -0.2) is 81.9 Å². The molecule has 1 unspecified atom stereocenters. The van der Waals surface area contributed by atoms with Gasteiger partial charge in [-0.05, 0) is 6.42 Å². The first-order chi connectivity index (χ1) is 9.13. The van der Waals surface area contributed by atoms with Crippen LogP contribution < -0.4 is 5.32 Å². The Morgan fingerprint density at radius 2 is 2.00 bits per heavy atom. The summed E-state index contributed by atoms with van der Waals surface area (Å²) in [5, 5.41) is 3.27. The number of hydrogen-bond donors (Lipinski definition) is 1. The lowest BCUT2D eigenvalue weighted by atomic mass is 10.2. The molecule has 2 rings (SSSR count). The molecule has 112 valence electrons. The highest BCUT2D eigenvalue weighted by atomic mass is 32.2. The van der Waals surface area contributed by atoms with E-state index in [9.17, 15) is 8.42 Å². The normalized spacial score (nSPS) is 27.5. The van der Waals surface area contributed by atoms with E-state index in [1.165, 1.54) is 0 Å².